The van der Waals surface area contributed by atoms with Crippen molar-refractivity contribution in [3.05, 3.63) is 24.2 Å². The number of likely N-dealkylation sites (N-methyl/N-ethyl adjacent to an activating group) is 1. The Morgan fingerprint density at radius 1 is 1.65 bits per heavy atom. The van der Waals surface area contributed by atoms with Crippen LogP contribution >= 0.6 is 0 Å². The molecule has 0 aliphatic heterocycles. The summed E-state index contributed by atoms with van der Waals surface area (Å²) in [6.07, 6.45) is 2.06. The number of carbonyl (C=O) groups is 1. The van der Waals surface area contributed by atoms with Crippen LogP contribution in [0.1, 0.15) is 19.1 Å². The molecule has 0 fully saturated rings. The summed E-state index contributed by atoms with van der Waals surface area (Å²) in [7, 11) is 1.94. The van der Waals surface area contributed by atoms with Crippen molar-refractivity contribution < 1.29 is 9.21 Å². The Morgan fingerprint density at radius 3 is 2.94 bits per heavy atom. The Balaban J connectivity index is 2.46. The fraction of sp³-hybridized carbons (Fsp3) is 0.583. The van der Waals surface area contributed by atoms with E-state index in [1.165, 1.54) is 0 Å². The van der Waals surface area contributed by atoms with Gasteiger partial charge in [0.05, 0.1) is 12.8 Å². The zero-order valence-electron chi connectivity index (χ0n) is 10.5. The van der Waals surface area contributed by atoms with Gasteiger partial charge in [0, 0.05) is 25.6 Å². The van der Waals surface area contributed by atoms with Crippen molar-refractivity contribution in [1.29, 1.82) is 0 Å². The van der Waals surface area contributed by atoms with Crippen molar-refractivity contribution in [2.24, 2.45) is 5.73 Å². The number of furan rings is 1. The summed E-state index contributed by atoms with van der Waals surface area (Å²) in [6, 6.07) is 3.80. The number of nitrogens with one attached hydrogen (secondary N) is 1. The number of nitrogens with zero attached hydrogens (tertiary/aromatic N) is 1. The maximum absolute atomic E-state index is 11.5. The van der Waals surface area contributed by atoms with Crippen LogP contribution in [0.15, 0.2) is 22.8 Å². The van der Waals surface area contributed by atoms with Crippen molar-refractivity contribution in [3.63, 3.8) is 0 Å². The van der Waals surface area contributed by atoms with Crippen LogP contribution in [0.25, 0.3) is 0 Å². The van der Waals surface area contributed by atoms with Gasteiger partial charge in [0.25, 0.3) is 0 Å². The number of carbonyl (C=O) groups excluding carboxylic acids is 1. The van der Waals surface area contributed by atoms with Crippen LogP contribution in [0.5, 0.6) is 0 Å². The van der Waals surface area contributed by atoms with E-state index in [1.807, 2.05) is 31.0 Å². The molecule has 1 heterocycles. The normalized spacial score (nSPS) is 12.7. The van der Waals surface area contributed by atoms with E-state index < -0.39 is 0 Å². The van der Waals surface area contributed by atoms with Crippen molar-refractivity contribution >= 4 is 5.91 Å². The van der Waals surface area contributed by atoms with E-state index in [9.17, 15) is 4.79 Å². The van der Waals surface area contributed by atoms with Crippen molar-refractivity contribution in [1.82, 2.24) is 10.2 Å². The molecule has 1 atom stereocenters. The molecule has 0 saturated carbocycles. The number of hydrogen-bond acceptors (Lipinski definition) is 4. The topological polar surface area (TPSA) is 71.5 Å². The van der Waals surface area contributed by atoms with Gasteiger partial charge in [-0.2, -0.15) is 0 Å². The fourth-order valence-electron chi connectivity index (χ4n) is 1.68. The van der Waals surface area contributed by atoms with E-state index in [1.54, 1.807) is 6.26 Å². The van der Waals surface area contributed by atoms with Crippen LogP contribution in [-0.4, -0.2) is 37.0 Å². The highest BCUT2D eigenvalue weighted by Gasteiger charge is 2.17. The van der Waals surface area contributed by atoms with Crippen LogP contribution in [0, 0.1) is 0 Å². The minimum Gasteiger partial charge on any atom is -0.468 e. The van der Waals surface area contributed by atoms with Crippen LogP contribution in [0.2, 0.25) is 0 Å². The van der Waals surface area contributed by atoms with Gasteiger partial charge in [0.1, 0.15) is 5.76 Å². The third kappa shape index (κ3) is 4.58. The van der Waals surface area contributed by atoms with Gasteiger partial charge in [-0.05, 0) is 26.1 Å². The SMILES string of the molecule is CCNC(=O)CC(CN)N(C)Cc1ccco1. The van der Waals surface area contributed by atoms with Gasteiger partial charge in [0.2, 0.25) is 5.91 Å². The van der Waals surface area contributed by atoms with E-state index in [0.29, 0.717) is 26.1 Å². The second kappa shape index (κ2) is 7.09. The molecule has 0 aliphatic carbocycles. The van der Waals surface area contributed by atoms with E-state index in [-0.39, 0.29) is 11.9 Å². The van der Waals surface area contributed by atoms with Gasteiger partial charge in [-0.25, -0.2) is 0 Å². The summed E-state index contributed by atoms with van der Waals surface area (Å²) in [5, 5.41) is 2.78. The van der Waals surface area contributed by atoms with Gasteiger partial charge in [0.15, 0.2) is 0 Å². The first-order valence-electron chi connectivity index (χ1n) is 5.86. The minimum absolute atomic E-state index is 0.0339. The molecule has 1 unspecified atom stereocenters. The largest absolute Gasteiger partial charge is 0.468 e. The molecule has 1 aromatic rings. The van der Waals surface area contributed by atoms with E-state index in [4.69, 9.17) is 10.2 Å². The van der Waals surface area contributed by atoms with Gasteiger partial charge >= 0.3 is 0 Å². The third-order valence-electron chi connectivity index (χ3n) is 2.68. The molecular formula is C12H21N3O2. The molecule has 0 saturated heterocycles. The maximum Gasteiger partial charge on any atom is 0.221 e. The Morgan fingerprint density at radius 2 is 2.41 bits per heavy atom. The lowest BCUT2D eigenvalue weighted by Gasteiger charge is -2.25. The van der Waals surface area contributed by atoms with Crippen LogP contribution in [0.4, 0.5) is 0 Å². The summed E-state index contributed by atoms with van der Waals surface area (Å²) in [4.78, 5) is 13.5. The monoisotopic (exact) mass is 239 g/mol. The molecule has 1 amide bonds. The second-order valence-electron chi connectivity index (χ2n) is 4.04. The first kappa shape index (κ1) is 13.7. The molecule has 0 aliphatic rings. The molecule has 17 heavy (non-hydrogen) atoms. The molecule has 3 N–H and O–H groups in total. The molecule has 1 aromatic heterocycles. The van der Waals surface area contributed by atoms with Gasteiger partial charge < -0.3 is 15.5 Å². The molecule has 0 bridgehead atoms. The quantitative estimate of drug-likeness (QED) is 0.729. The predicted molar refractivity (Wildman–Crippen MR) is 66.3 cm³/mol. The van der Waals surface area contributed by atoms with E-state index >= 15 is 0 Å². The average Bonchev–Trinajstić information content (AvgIpc) is 2.78. The van der Waals surface area contributed by atoms with Crippen molar-refractivity contribution in [3.8, 4) is 0 Å². The predicted octanol–water partition coefficient (Wildman–Crippen LogP) is 0.565. The molecule has 0 aromatic carbocycles. The number of nitrogens with two attached hydrogens (primary N) is 1. The summed E-state index contributed by atoms with van der Waals surface area (Å²) in [5.41, 5.74) is 5.69. The standard InChI is InChI=1S/C12H21N3O2/c1-3-14-12(16)7-10(8-13)15(2)9-11-5-4-6-17-11/h4-6,10H,3,7-9,13H2,1-2H3,(H,14,16). The summed E-state index contributed by atoms with van der Waals surface area (Å²) in [5.74, 6) is 0.913. The first-order valence-corrected chi connectivity index (χ1v) is 5.86. The summed E-state index contributed by atoms with van der Waals surface area (Å²) < 4.78 is 5.27. The zero-order valence-corrected chi connectivity index (χ0v) is 10.5. The summed E-state index contributed by atoms with van der Waals surface area (Å²) in [6.45, 7) is 3.67. The molecule has 5 nitrogen and oxygen atoms in total. The Hall–Kier alpha value is -1.33. The molecule has 0 radical (unpaired) electrons. The summed E-state index contributed by atoms with van der Waals surface area (Å²) >= 11 is 0. The van der Waals surface area contributed by atoms with Crippen molar-refractivity contribution in [2.45, 2.75) is 25.9 Å². The lowest BCUT2D eigenvalue weighted by atomic mass is 10.1. The van der Waals surface area contributed by atoms with Gasteiger partial charge in [-0.15, -0.1) is 0 Å². The van der Waals surface area contributed by atoms with Crippen LogP contribution < -0.4 is 11.1 Å². The Kier molecular flexibility index (Phi) is 5.72. The zero-order chi connectivity index (χ0) is 12.7. The lowest BCUT2D eigenvalue weighted by Crippen LogP contribution is -2.41. The Bertz CT molecular complexity index is 325. The van der Waals surface area contributed by atoms with Crippen LogP contribution in [-0.2, 0) is 11.3 Å². The van der Waals surface area contributed by atoms with E-state index in [2.05, 4.69) is 5.32 Å². The third-order valence-corrected chi connectivity index (χ3v) is 2.68. The number of rotatable bonds is 7. The Labute approximate surface area is 102 Å². The molecular weight excluding hydrogens is 218 g/mol. The molecule has 5 heteroatoms. The molecule has 0 spiro atoms. The first-order chi connectivity index (χ1) is 8.17. The van der Waals surface area contributed by atoms with Crippen LogP contribution in [0.3, 0.4) is 0 Å². The van der Waals surface area contributed by atoms with Crippen molar-refractivity contribution in [2.75, 3.05) is 20.1 Å². The lowest BCUT2D eigenvalue weighted by molar-refractivity contribution is -0.122. The highest BCUT2D eigenvalue weighted by molar-refractivity contribution is 5.76. The smallest absolute Gasteiger partial charge is 0.221 e. The fourth-order valence-corrected chi connectivity index (χ4v) is 1.68. The minimum atomic E-state index is 0.0339. The number of amides is 1. The van der Waals surface area contributed by atoms with E-state index in [0.717, 1.165) is 5.76 Å². The van der Waals surface area contributed by atoms with Gasteiger partial charge in [-0.3, -0.25) is 9.69 Å². The highest BCUT2D eigenvalue weighted by Crippen LogP contribution is 2.08. The number of hydrogen-bond donors (Lipinski definition) is 2. The second-order valence-corrected chi connectivity index (χ2v) is 4.04. The van der Waals surface area contributed by atoms with Gasteiger partial charge in [-0.1, -0.05) is 0 Å². The molecule has 1 rings (SSSR count). The molecule has 96 valence electrons. The maximum atomic E-state index is 11.5. The average molecular weight is 239 g/mol. The highest BCUT2D eigenvalue weighted by atomic mass is 16.3.